The fourth-order valence-electron chi connectivity index (χ4n) is 1.24. The molecule has 0 aliphatic carbocycles. The largest absolute Gasteiger partial charge is 0.411 e. The SMILES string of the molecule is CC(C)Nc1nccn1CCOCC(F)(F)F. The van der Waals surface area contributed by atoms with Crippen molar-refractivity contribution < 1.29 is 17.9 Å². The van der Waals surface area contributed by atoms with Crippen molar-refractivity contribution in [1.82, 2.24) is 9.55 Å². The van der Waals surface area contributed by atoms with E-state index in [0.717, 1.165) is 0 Å². The molecule has 0 radical (unpaired) electrons. The number of hydrogen-bond acceptors (Lipinski definition) is 3. The Balaban J connectivity index is 2.34. The number of imidazole rings is 1. The van der Waals surface area contributed by atoms with E-state index in [2.05, 4.69) is 15.0 Å². The summed E-state index contributed by atoms with van der Waals surface area (Å²) in [6.07, 6.45) is -0.982. The Hall–Kier alpha value is -1.24. The Bertz CT molecular complexity index is 336. The third kappa shape index (κ3) is 5.58. The molecule has 7 heteroatoms. The molecular formula is C10H16F3N3O. The molecule has 0 aliphatic rings. The van der Waals surface area contributed by atoms with Crippen LogP contribution < -0.4 is 5.32 Å². The molecule has 17 heavy (non-hydrogen) atoms. The van der Waals surface area contributed by atoms with Crippen LogP contribution in [0.5, 0.6) is 0 Å². The first-order chi connectivity index (χ1) is 7.88. The molecule has 1 aromatic rings. The van der Waals surface area contributed by atoms with Gasteiger partial charge < -0.3 is 14.6 Å². The fraction of sp³-hybridized carbons (Fsp3) is 0.700. The first-order valence-corrected chi connectivity index (χ1v) is 5.30. The lowest BCUT2D eigenvalue weighted by atomic mass is 10.4. The molecule has 0 atom stereocenters. The molecule has 4 nitrogen and oxygen atoms in total. The summed E-state index contributed by atoms with van der Waals surface area (Å²) < 4.78 is 41.7. The first kappa shape index (κ1) is 13.8. The summed E-state index contributed by atoms with van der Waals surface area (Å²) in [6, 6.07) is 0.215. The minimum atomic E-state index is -4.27. The first-order valence-electron chi connectivity index (χ1n) is 5.30. The van der Waals surface area contributed by atoms with Crippen molar-refractivity contribution in [3.05, 3.63) is 12.4 Å². The molecule has 0 amide bonds. The van der Waals surface area contributed by atoms with E-state index in [1.54, 1.807) is 17.0 Å². The summed E-state index contributed by atoms with van der Waals surface area (Å²) in [4.78, 5) is 4.06. The van der Waals surface area contributed by atoms with Crippen LogP contribution in [0, 0.1) is 0 Å². The highest BCUT2D eigenvalue weighted by molar-refractivity contribution is 5.26. The summed E-state index contributed by atoms with van der Waals surface area (Å²) in [5.74, 6) is 0.635. The number of alkyl halides is 3. The van der Waals surface area contributed by atoms with Gasteiger partial charge in [-0.1, -0.05) is 0 Å². The number of aromatic nitrogens is 2. The minimum Gasteiger partial charge on any atom is -0.370 e. The Kier molecular flexibility index (Phi) is 4.80. The zero-order chi connectivity index (χ0) is 12.9. The van der Waals surface area contributed by atoms with Crippen molar-refractivity contribution in [3.63, 3.8) is 0 Å². The van der Waals surface area contributed by atoms with E-state index in [4.69, 9.17) is 0 Å². The van der Waals surface area contributed by atoms with E-state index >= 15 is 0 Å². The number of anilines is 1. The highest BCUT2D eigenvalue weighted by atomic mass is 19.4. The molecule has 1 rings (SSSR count). The third-order valence-corrected chi connectivity index (χ3v) is 1.88. The number of hydrogen-bond donors (Lipinski definition) is 1. The van der Waals surface area contributed by atoms with E-state index in [0.29, 0.717) is 12.5 Å². The zero-order valence-corrected chi connectivity index (χ0v) is 9.79. The maximum absolute atomic E-state index is 11.8. The van der Waals surface area contributed by atoms with Gasteiger partial charge >= 0.3 is 6.18 Å². The van der Waals surface area contributed by atoms with Crippen LogP contribution in [-0.4, -0.2) is 35.0 Å². The van der Waals surface area contributed by atoms with Gasteiger partial charge in [0.1, 0.15) is 6.61 Å². The summed E-state index contributed by atoms with van der Waals surface area (Å²) in [7, 11) is 0. The van der Waals surface area contributed by atoms with Crippen molar-refractivity contribution in [2.75, 3.05) is 18.5 Å². The topological polar surface area (TPSA) is 39.1 Å². The minimum absolute atomic E-state index is 0.00262. The molecule has 0 spiro atoms. The molecule has 1 heterocycles. The second kappa shape index (κ2) is 5.90. The molecule has 0 fully saturated rings. The van der Waals surface area contributed by atoms with Gasteiger partial charge in [-0.05, 0) is 13.8 Å². The van der Waals surface area contributed by atoms with Crippen LogP contribution in [0.4, 0.5) is 19.1 Å². The lowest BCUT2D eigenvalue weighted by Crippen LogP contribution is -2.20. The monoisotopic (exact) mass is 251 g/mol. The van der Waals surface area contributed by atoms with Crippen molar-refractivity contribution in [2.45, 2.75) is 32.6 Å². The van der Waals surface area contributed by atoms with Crippen molar-refractivity contribution >= 4 is 5.95 Å². The van der Waals surface area contributed by atoms with Crippen molar-refractivity contribution in [3.8, 4) is 0 Å². The van der Waals surface area contributed by atoms with Gasteiger partial charge in [0.2, 0.25) is 5.95 Å². The highest BCUT2D eigenvalue weighted by Crippen LogP contribution is 2.14. The van der Waals surface area contributed by atoms with Crippen LogP contribution in [0.1, 0.15) is 13.8 Å². The average molecular weight is 251 g/mol. The molecule has 1 N–H and O–H groups in total. The Labute approximate surface area is 97.8 Å². The van der Waals surface area contributed by atoms with Crippen LogP contribution in [0.15, 0.2) is 12.4 Å². The van der Waals surface area contributed by atoms with E-state index in [9.17, 15) is 13.2 Å². The number of nitrogens with zero attached hydrogens (tertiary/aromatic N) is 2. The number of halogens is 3. The molecule has 0 unspecified atom stereocenters. The Morgan fingerprint density at radius 3 is 2.76 bits per heavy atom. The lowest BCUT2D eigenvalue weighted by molar-refractivity contribution is -0.174. The van der Waals surface area contributed by atoms with E-state index in [-0.39, 0.29) is 12.6 Å². The van der Waals surface area contributed by atoms with Crippen LogP contribution in [0.2, 0.25) is 0 Å². The summed E-state index contributed by atoms with van der Waals surface area (Å²) in [5, 5.41) is 3.08. The molecule has 0 saturated carbocycles. The predicted molar refractivity (Wildman–Crippen MR) is 57.9 cm³/mol. The van der Waals surface area contributed by atoms with E-state index in [1.807, 2.05) is 13.8 Å². The third-order valence-electron chi connectivity index (χ3n) is 1.88. The van der Waals surface area contributed by atoms with Crippen LogP contribution in [0.3, 0.4) is 0 Å². The second-order valence-electron chi connectivity index (χ2n) is 3.91. The molecule has 0 aromatic carbocycles. The van der Waals surface area contributed by atoms with Crippen molar-refractivity contribution in [1.29, 1.82) is 0 Å². The van der Waals surface area contributed by atoms with Gasteiger partial charge in [0.25, 0.3) is 0 Å². The molecule has 1 aromatic heterocycles. The molecule has 0 bridgehead atoms. The average Bonchev–Trinajstić information content (AvgIpc) is 2.58. The van der Waals surface area contributed by atoms with E-state index < -0.39 is 12.8 Å². The van der Waals surface area contributed by atoms with Gasteiger partial charge in [0.05, 0.1) is 6.61 Å². The molecular weight excluding hydrogens is 235 g/mol. The molecule has 0 saturated heterocycles. The fourth-order valence-corrected chi connectivity index (χ4v) is 1.24. The van der Waals surface area contributed by atoms with Gasteiger partial charge in [0, 0.05) is 25.0 Å². The Morgan fingerprint density at radius 2 is 2.18 bits per heavy atom. The molecule has 98 valence electrons. The van der Waals surface area contributed by atoms with Crippen LogP contribution >= 0.6 is 0 Å². The quantitative estimate of drug-likeness (QED) is 0.788. The maximum Gasteiger partial charge on any atom is 0.411 e. The summed E-state index contributed by atoms with van der Waals surface area (Å²) in [6.45, 7) is 3.04. The Morgan fingerprint density at radius 1 is 1.47 bits per heavy atom. The number of nitrogens with one attached hydrogen (secondary N) is 1. The normalized spacial score (nSPS) is 12.1. The predicted octanol–water partition coefficient (Wildman–Crippen LogP) is 2.28. The van der Waals surface area contributed by atoms with Gasteiger partial charge in [0.15, 0.2) is 0 Å². The lowest BCUT2D eigenvalue weighted by Gasteiger charge is -2.12. The van der Waals surface area contributed by atoms with Crippen LogP contribution in [-0.2, 0) is 11.3 Å². The maximum atomic E-state index is 11.8. The number of rotatable bonds is 6. The smallest absolute Gasteiger partial charge is 0.370 e. The highest BCUT2D eigenvalue weighted by Gasteiger charge is 2.27. The summed E-state index contributed by atoms with van der Waals surface area (Å²) >= 11 is 0. The molecule has 0 aliphatic heterocycles. The van der Waals surface area contributed by atoms with Crippen molar-refractivity contribution in [2.24, 2.45) is 0 Å². The van der Waals surface area contributed by atoms with Crippen LogP contribution in [0.25, 0.3) is 0 Å². The van der Waals surface area contributed by atoms with Gasteiger partial charge in [-0.2, -0.15) is 13.2 Å². The standard InChI is InChI=1S/C10H16F3N3O/c1-8(2)15-9-14-3-4-16(9)5-6-17-7-10(11,12)13/h3-4,8H,5-7H2,1-2H3,(H,14,15). The van der Waals surface area contributed by atoms with E-state index in [1.165, 1.54) is 0 Å². The second-order valence-corrected chi connectivity index (χ2v) is 3.91. The van der Waals surface area contributed by atoms with Gasteiger partial charge in [-0.3, -0.25) is 0 Å². The number of ether oxygens (including phenoxy) is 1. The van der Waals surface area contributed by atoms with Gasteiger partial charge in [-0.25, -0.2) is 4.98 Å². The summed E-state index contributed by atoms with van der Waals surface area (Å²) in [5.41, 5.74) is 0. The van der Waals surface area contributed by atoms with Gasteiger partial charge in [-0.15, -0.1) is 0 Å². The zero-order valence-electron chi connectivity index (χ0n) is 9.79.